The van der Waals surface area contributed by atoms with Crippen molar-refractivity contribution in [2.45, 2.75) is 32.0 Å². The summed E-state index contributed by atoms with van der Waals surface area (Å²) in [5, 5.41) is 25.2. The zero-order valence-corrected chi connectivity index (χ0v) is 9.50. The lowest BCUT2D eigenvalue weighted by Gasteiger charge is -2.05. The first-order valence-corrected chi connectivity index (χ1v) is 5.34. The van der Waals surface area contributed by atoms with Crippen LogP contribution in [0.2, 0.25) is 0 Å². The molecule has 0 aromatic rings. The van der Waals surface area contributed by atoms with E-state index in [-0.39, 0.29) is 26.1 Å². The van der Waals surface area contributed by atoms with E-state index >= 15 is 0 Å². The maximum Gasteiger partial charge on any atom is 0.305 e. The number of rotatable bonds is 9. The summed E-state index contributed by atoms with van der Waals surface area (Å²) in [7, 11) is 0. The van der Waals surface area contributed by atoms with Crippen LogP contribution in [0.15, 0.2) is 0 Å². The predicted molar refractivity (Wildman–Crippen MR) is 55.7 cm³/mol. The molecule has 0 heterocycles. The first-order valence-electron chi connectivity index (χ1n) is 5.34. The molecule has 0 radical (unpaired) electrons. The van der Waals surface area contributed by atoms with Gasteiger partial charge in [0, 0.05) is 12.8 Å². The molecule has 100 valence electrons. The van der Waals surface area contributed by atoms with E-state index in [0.29, 0.717) is 12.8 Å². The number of hydrogen-bond donors (Lipinski definition) is 3. The number of ether oxygens (including phenoxy) is 2. The van der Waals surface area contributed by atoms with Crippen LogP contribution in [0.4, 0.5) is 0 Å². The molecule has 0 fully saturated rings. The third-order valence-corrected chi connectivity index (χ3v) is 1.76. The van der Waals surface area contributed by atoms with Gasteiger partial charge >= 0.3 is 11.9 Å². The third kappa shape index (κ3) is 11.1. The Morgan fingerprint density at radius 2 is 1.53 bits per heavy atom. The van der Waals surface area contributed by atoms with Crippen molar-refractivity contribution in [2.75, 3.05) is 19.8 Å². The highest BCUT2D eigenvalue weighted by atomic mass is 16.6. The van der Waals surface area contributed by atoms with Gasteiger partial charge in [0.1, 0.15) is 13.2 Å². The lowest BCUT2D eigenvalue weighted by Crippen LogP contribution is -2.17. The molecule has 0 atom stereocenters. The van der Waals surface area contributed by atoms with Crippen molar-refractivity contribution >= 4 is 11.9 Å². The van der Waals surface area contributed by atoms with Gasteiger partial charge in [-0.25, -0.2) is 0 Å². The first kappa shape index (κ1) is 15.8. The van der Waals surface area contributed by atoms with Crippen LogP contribution >= 0.6 is 0 Å². The molecule has 0 saturated heterocycles. The molecular formula is C10H18O7. The molecule has 0 saturated carbocycles. The van der Waals surface area contributed by atoms with Crippen molar-refractivity contribution in [1.82, 2.24) is 0 Å². The van der Waals surface area contributed by atoms with Crippen molar-refractivity contribution in [3.8, 4) is 0 Å². The summed E-state index contributed by atoms with van der Waals surface area (Å²) in [6.07, 6.45) is -0.446. The Morgan fingerprint density at radius 3 is 2.00 bits per heavy atom. The van der Waals surface area contributed by atoms with E-state index in [1.807, 2.05) is 0 Å². The van der Waals surface area contributed by atoms with E-state index in [1.54, 1.807) is 0 Å². The van der Waals surface area contributed by atoms with Crippen molar-refractivity contribution in [2.24, 2.45) is 0 Å². The maximum absolute atomic E-state index is 11.0. The van der Waals surface area contributed by atoms with Crippen LogP contribution in [0.1, 0.15) is 25.7 Å². The lowest BCUT2D eigenvalue weighted by molar-refractivity contribution is -0.156. The molecule has 0 aliphatic carbocycles. The van der Waals surface area contributed by atoms with Crippen molar-refractivity contribution in [3.63, 3.8) is 0 Å². The average Bonchev–Trinajstić information content (AvgIpc) is 2.29. The van der Waals surface area contributed by atoms with E-state index in [9.17, 15) is 9.59 Å². The fourth-order valence-corrected chi connectivity index (χ4v) is 1.01. The summed E-state index contributed by atoms with van der Waals surface area (Å²) >= 11 is 0. The minimum absolute atomic E-state index is 0.0186. The molecule has 0 aliphatic rings. The molecule has 17 heavy (non-hydrogen) atoms. The van der Waals surface area contributed by atoms with Gasteiger partial charge < -0.3 is 24.8 Å². The Morgan fingerprint density at radius 1 is 1.00 bits per heavy atom. The van der Waals surface area contributed by atoms with Crippen molar-refractivity contribution < 1.29 is 34.4 Å². The molecule has 3 N–H and O–H groups in total. The van der Waals surface area contributed by atoms with Gasteiger partial charge in [0.15, 0.2) is 6.29 Å². The molecule has 0 unspecified atom stereocenters. The highest BCUT2D eigenvalue weighted by Gasteiger charge is 2.07. The predicted octanol–water partition coefficient (Wildman–Crippen LogP) is -1.06. The van der Waals surface area contributed by atoms with Gasteiger partial charge in [-0.1, -0.05) is 0 Å². The van der Waals surface area contributed by atoms with Gasteiger partial charge in [-0.3, -0.25) is 9.59 Å². The quantitative estimate of drug-likeness (QED) is 0.271. The minimum atomic E-state index is -1.66. The van der Waals surface area contributed by atoms with Crippen LogP contribution in [-0.4, -0.2) is 53.4 Å². The van der Waals surface area contributed by atoms with Gasteiger partial charge in [0.05, 0.1) is 6.61 Å². The summed E-state index contributed by atoms with van der Waals surface area (Å²) in [4.78, 5) is 21.9. The Hall–Kier alpha value is -1.18. The van der Waals surface area contributed by atoms with Gasteiger partial charge in [-0.05, 0) is 12.8 Å². The monoisotopic (exact) mass is 250 g/mol. The van der Waals surface area contributed by atoms with Crippen molar-refractivity contribution in [3.05, 3.63) is 0 Å². The number of carbonyl (C=O) groups is 2. The van der Waals surface area contributed by atoms with E-state index in [1.165, 1.54) is 0 Å². The number of esters is 2. The van der Waals surface area contributed by atoms with Crippen LogP contribution in [0, 0.1) is 0 Å². The lowest BCUT2D eigenvalue weighted by atomic mass is 10.2. The summed E-state index contributed by atoms with van der Waals surface area (Å²) in [6.45, 7) is -0.672. The standard InChI is InChI=1S/C10H18O7/c11-5-6-16-9(14)3-1-2-4-10(15)17-7-8(12)13/h8,11-13H,1-7H2. The number of carbonyl (C=O) groups excluding carboxylic acids is 2. The van der Waals surface area contributed by atoms with E-state index in [4.69, 9.17) is 15.3 Å². The van der Waals surface area contributed by atoms with Crippen LogP contribution in [0.3, 0.4) is 0 Å². The molecule has 7 nitrogen and oxygen atoms in total. The van der Waals surface area contributed by atoms with Gasteiger partial charge in [-0.15, -0.1) is 0 Å². The largest absolute Gasteiger partial charge is 0.463 e. The Bertz CT molecular complexity index is 227. The second-order valence-corrected chi connectivity index (χ2v) is 3.31. The minimum Gasteiger partial charge on any atom is -0.463 e. The van der Waals surface area contributed by atoms with Gasteiger partial charge in [-0.2, -0.15) is 0 Å². The highest BCUT2D eigenvalue weighted by Crippen LogP contribution is 2.03. The van der Waals surface area contributed by atoms with E-state index in [2.05, 4.69) is 9.47 Å². The summed E-state index contributed by atoms with van der Waals surface area (Å²) in [6, 6.07) is 0. The van der Waals surface area contributed by atoms with Crippen LogP contribution in [-0.2, 0) is 19.1 Å². The van der Waals surface area contributed by atoms with Crippen molar-refractivity contribution in [1.29, 1.82) is 0 Å². The zero-order valence-electron chi connectivity index (χ0n) is 9.50. The Kier molecular flexibility index (Phi) is 9.31. The first-order chi connectivity index (χ1) is 8.06. The normalized spacial score (nSPS) is 10.4. The van der Waals surface area contributed by atoms with Crippen LogP contribution in [0.25, 0.3) is 0 Å². The molecule has 0 rings (SSSR count). The molecule has 0 spiro atoms. The zero-order chi connectivity index (χ0) is 13.1. The molecule has 0 aliphatic heterocycles. The smallest absolute Gasteiger partial charge is 0.305 e. The summed E-state index contributed by atoms with van der Waals surface area (Å²) < 4.78 is 9.09. The number of aliphatic hydroxyl groups excluding tert-OH is 2. The molecule has 7 heteroatoms. The van der Waals surface area contributed by atoms with Gasteiger partial charge in [0.2, 0.25) is 0 Å². The SMILES string of the molecule is O=C(CCCCC(=O)OCC(O)O)OCCO. The maximum atomic E-state index is 11.0. The second-order valence-electron chi connectivity index (χ2n) is 3.31. The number of aliphatic hydroxyl groups is 3. The Balaban J connectivity index is 3.38. The van der Waals surface area contributed by atoms with Crippen LogP contribution < -0.4 is 0 Å². The highest BCUT2D eigenvalue weighted by molar-refractivity contribution is 5.70. The molecular weight excluding hydrogens is 232 g/mol. The van der Waals surface area contributed by atoms with Crippen LogP contribution in [0.5, 0.6) is 0 Å². The number of unbranched alkanes of at least 4 members (excludes halogenated alkanes) is 1. The topological polar surface area (TPSA) is 113 Å². The molecule has 0 aromatic carbocycles. The fraction of sp³-hybridized carbons (Fsp3) is 0.800. The summed E-state index contributed by atoms with van der Waals surface area (Å²) in [5.74, 6) is -0.958. The molecule has 0 aromatic heterocycles. The molecule has 0 amide bonds. The van der Waals surface area contributed by atoms with Gasteiger partial charge in [0.25, 0.3) is 0 Å². The third-order valence-electron chi connectivity index (χ3n) is 1.76. The number of hydrogen-bond acceptors (Lipinski definition) is 7. The average molecular weight is 250 g/mol. The van der Waals surface area contributed by atoms with E-state index in [0.717, 1.165) is 0 Å². The Labute approximate surface area is 99.0 Å². The summed E-state index contributed by atoms with van der Waals surface area (Å²) in [5.41, 5.74) is 0. The van der Waals surface area contributed by atoms with E-state index < -0.39 is 24.8 Å². The fourth-order valence-electron chi connectivity index (χ4n) is 1.01. The molecule has 0 bridgehead atoms. The second kappa shape index (κ2) is 10.0.